The lowest BCUT2D eigenvalue weighted by atomic mass is 10.1. The minimum atomic E-state index is -4.33. The molecule has 0 amide bonds. The summed E-state index contributed by atoms with van der Waals surface area (Å²) in [6.07, 6.45) is -3.21. The van der Waals surface area contributed by atoms with Gasteiger partial charge in [-0.3, -0.25) is 4.98 Å². The van der Waals surface area contributed by atoms with E-state index in [4.69, 9.17) is 5.73 Å². The normalized spacial score (nSPS) is 12.3. The zero-order chi connectivity index (χ0) is 10.1. The second-order valence-electron chi connectivity index (χ2n) is 2.76. The molecule has 1 aromatic rings. The van der Waals surface area contributed by atoms with Crippen molar-refractivity contribution in [2.45, 2.75) is 19.1 Å². The molecule has 0 saturated carbocycles. The predicted molar refractivity (Wildman–Crippen MR) is 56.3 cm³/mol. The van der Waals surface area contributed by atoms with E-state index < -0.39 is 17.8 Å². The summed E-state index contributed by atoms with van der Waals surface area (Å²) < 4.78 is 36.5. The third kappa shape index (κ3) is 4.68. The smallest absolute Gasteiger partial charge is 0.323 e. The van der Waals surface area contributed by atoms with Gasteiger partial charge in [0.15, 0.2) is 0 Å². The molecular formula is C8H11Cl2F3N2. The van der Waals surface area contributed by atoms with Crippen molar-refractivity contribution in [2.24, 2.45) is 5.73 Å². The molecule has 0 fully saturated rings. The summed E-state index contributed by atoms with van der Waals surface area (Å²) in [6, 6.07) is 1.40. The molecule has 88 valence electrons. The van der Waals surface area contributed by atoms with Gasteiger partial charge in [-0.2, -0.15) is 13.2 Å². The molecular weight excluding hydrogens is 252 g/mol. The van der Waals surface area contributed by atoms with Crippen molar-refractivity contribution >= 4 is 24.8 Å². The molecule has 0 aromatic carbocycles. The van der Waals surface area contributed by atoms with E-state index in [2.05, 4.69) is 4.98 Å². The zero-order valence-electron chi connectivity index (χ0n) is 7.78. The lowest BCUT2D eigenvalue weighted by Gasteiger charge is -2.09. The van der Waals surface area contributed by atoms with Gasteiger partial charge < -0.3 is 5.73 Å². The van der Waals surface area contributed by atoms with Gasteiger partial charge in [0.1, 0.15) is 0 Å². The number of halogens is 5. The number of pyridine rings is 1. The van der Waals surface area contributed by atoms with E-state index in [9.17, 15) is 13.2 Å². The molecule has 1 atom stereocenters. The van der Waals surface area contributed by atoms with Gasteiger partial charge in [0.05, 0.1) is 11.3 Å². The van der Waals surface area contributed by atoms with Crippen LogP contribution in [0.5, 0.6) is 0 Å². The lowest BCUT2D eigenvalue weighted by molar-refractivity contribution is -0.137. The number of hydrogen-bond acceptors (Lipinski definition) is 2. The number of rotatable bonds is 1. The second kappa shape index (κ2) is 6.15. The van der Waals surface area contributed by atoms with Crippen molar-refractivity contribution in [3.8, 4) is 0 Å². The van der Waals surface area contributed by atoms with E-state index in [1.807, 2.05) is 0 Å². The van der Waals surface area contributed by atoms with Crippen molar-refractivity contribution in [1.82, 2.24) is 4.98 Å². The Morgan fingerprint density at radius 1 is 1.33 bits per heavy atom. The van der Waals surface area contributed by atoms with Crippen molar-refractivity contribution < 1.29 is 13.2 Å². The molecule has 2 nitrogen and oxygen atoms in total. The molecule has 1 rings (SSSR count). The van der Waals surface area contributed by atoms with Crippen molar-refractivity contribution in [3.05, 3.63) is 29.6 Å². The number of nitrogens with zero attached hydrogens (tertiary/aromatic N) is 1. The third-order valence-corrected chi connectivity index (χ3v) is 1.57. The van der Waals surface area contributed by atoms with E-state index >= 15 is 0 Å². The van der Waals surface area contributed by atoms with Gasteiger partial charge in [0, 0.05) is 12.2 Å². The second-order valence-corrected chi connectivity index (χ2v) is 2.76. The van der Waals surface area contributed by atoms with Gasteiger partial charge in [-0.25, -0.2) is 0 Å². The highest BCUT2D eigenvalue weighted by Crippen LogP contribution is 2.29. The molecule has 15 heavy (non-hydrogen) atoms. The summed E-state index contributed by atoms with van der Waals surface area (Å²) in [4.78, 5) is 3.73. The summed E-state index contributed by atoms with van der Waals surface area (Å²) in [6.45, 7) is 1.59. The Balaban J connectivity index is 0. The fraction of sp³-hybridized carbons (Fsp3) is 0.375. The SMILES string of the molecule is C[C@H](N)c1cc(C(F)(F)F)ccn1.Cl.Cl. The molecule has 0 aliphatic heterocycles. The van der Waals surface area contributed by atoms with E-state index in [1.54, 1.807) is 6.92 Å². The predicted octanol–water partition coefficient (Wildman–Crippen LogP) is 2.96. The van der Waals surface area contributed by atoms with Crippen LogP contribution in [0.3, 0.4) is 0 Å². The molecule has 0 bridgehead atoms. The Labute approximate surface area is 97.9 Å². The van der Waals surface area contributed by atoms with Gasteiger partial charge in [-0.15, -0.1) is 24.8 Å². The van der Waals surface area contributed by atoms with E-state index in [-0.39, 0.29) is 30.5 Å². The van der Waals surface area contributed by atoms with Crippen LogP contribution in [-0.4, -0.2) is 4.98 Å². The molecule has 0 aliphatic carbocycles. The van der Waals surface area contributed by atoms with Gasteiger partial charge in [-0.05, 0) is 19.1 Å². The maximum atomic E-state index is 12.2. The highest BCUT2D eigenvalue weighted by Gasteiger charge is 2.30. The van der Waals surface area contributed by atoms with E-state index in [0.29, 0.717) is 0 Å². The van der Waals surface area contributed by atoms with Crippen molar-refractivity contribution in [1.29, 1.82) is 0 Å². The molecule has 1 aromatic heterocycles. The maximum absolute atomic E-state index is 12.2. The summed E-state index contributed by atoms with van der Waals surface area (Å²) >= 11 is 0. The van der Waals surface area contributed by atoms with Crippen molar-refractivity contribution in [2.75, 3.05) is 0 Å². The first-order valence-corrected chi connectivity index (χ1v) is 3.70. The molecule has 2 N–H and O–H groups in total. The van der Waals surface area contributed by atoms with Crippen LogP contribution in [0.4, 0.5) is 13.2 Å². The Hall–Kier alpha value is -0.520. The summed E-state index contributed by atoms with van der Waals surface area (Å²) in [5.74, 6) is 0. The summed E-state index contributed by atoms with van der Waals surface area (Å²) in [5.41, 5.74) is 4.93. The van der Waals surface area contributed by atoms with Crippen LogP contribution < -0.4 is 5.73 Å². The van der Waals surface area contributed by atoms with Crippen LogP contribution in [0.15, 0.2) is 18.3 Å². The molecule has 1 heterocycles. The third-order valence-electron chi connectivity index (χ3n) is 1.57. The van der Waals surface area contributed by atoms with Gasteiger partial charge in [-0.1, -0.05) is 0 Å². The topological polar surface area (TPSA) is 38.9 Å². The average Bonchev–Trinajstić information content (AvgIpc) is 2.03. The summed E-state index contributed by atoms with van der Waals surface area (Å²) in [7, 11) is 0. The van der Waals surface area contributed by atoms with Gasteiger partial charge >= 0.3 is 6.18 Å². The minimum absolute atomic E-state index is 0. The van der Waals surface area contributed by atoms with Crippen LogP contribution in [0, 0.1) is 0 Å². The standard InChI is InChI=1S/C8H9F3N2.2ClH/c1-5(12)7-4-6(2-3-13-7)8(9,10)11;;/h2-5H,12H2,1H3;2*1H/t5-;;/m0../s1. The van der Waals surface area contributed by atoms with Crippen LogP contribution in [0.2, 0.25) is 0 Å². The molecule has 0 radical (unpaired) electrons. The molecule has 0 unspecified atom stereocenters. The van der Waals surface area contributed by atoms with Crippen LogP contribution >= 0.6 is 24.8 Å². The number of hydrogen-bond donors (Lipinski definition) is 1. The number of aromatic nitrogens is 1. The first-order valence-electron chi connectivity index (χ1n) is 3.70. The number of nitrogens with two attached hydrogens (primary N) is 1. The maximum Gasteiger partial charge on any atom is 0.416 e. The highest BCUT2D eigenvalue weighted by atomic mass is 35.5. The Morgan fingerprint density at radius 3 is 2.27 bits per heavy atom. The molecule has 7 heteroatoms. The zero-order valence-corrected chi connectivity index (χ0v) is 9.42. The summed E-state index contributed by atoms with van der Waals surface area (Å²) in [5, 5.41) is 0. The van der Waals surface area contributed by atoms with Gasteiger partial charge in [0.25, 0.3) is 0 Å². The Morgan fingerprint density at radius 2 is 1.87 bits per heavy atom. The fourth-order valence-corrected chi connectivity index (χ4v) is 0.874. The lowest BCUT2D eigenvalue weighted by Crippen LogP contribution is -2.11. The van der Waals surface area contributed by atoms with Crippen LogP contribution in [0.1, 0.15) is 24.2 Å². The Bertz CT molecular complexity index is 302. The number of alkyl halides is 3. The fourth-order valence-electron chi connectivity index (χ4n) is 0.874. The molecule has 0 aliphatic rings. The quantitative estimate of drug-likeness (QED) is 0.845. The highest BCUT2D eigenvalue weighted by molar-refractivity contribution is 5.85. The largest absolute Gasteiger partial charge is 0.416 e. The van der Waals surface area contributed by atoms with E-state index in [0.717, 1.165) is 18.3 Å². The molecule has 0 saturated heterocycles. The van der Waals surface area contributed by atoms with Gasteiger partial charge in [0.2, 0.25) is 0 Å². The molecule has 0 spiro atoms. The first-order chi connectivity index (χ1) is 5.91. The van der Waals surface area contributed by atoms with E-state index in [1.165, 1.54) is 0 Å². The average molecular weight is 263 g/mol. The van der Waals surface area contributed by atoms with Crippen LogP contribution in [0.25, 0.3) is 0 Å². The monoisotopic (exact) mass is 262 g/mol. The van der Waals surface area contributed by atoms with Crippen LogP contribution in [-0.2, 0) is 6.18 Å². The Kier molecular flexibility index (Phi) is 6.92. The first kappa shape index (κ1) is 16.9. The van der Waals surface area contributed by atoms with Crippen molar-refractivity contribution in [3.63, 3.8) is 0 Å². The minimum Gasteiger partial charge on any atom is -0.323 e.